The van der Waals surface area contributed by atoms with Crippen LogP contribution < -0.4 is 0 Å². The SMILES string of the molecule is CC(C)CC(F)(Br)Br. The third-order valence-electron chi connectivity index (χ3n) is 0.640. The van der Waals surface area contributed by atoms with Crippen molar-refractivity contribution in [3.63, 3.8) is 0 Å². The second-order valence-corrected chi connectivity index (χ2v) is 5.79. The molecule has 0 heterocycles. The molecule has 8 heavy (non-hydrogen) atoms. The summed E-state index contributed by atoms with van der Waals surface area (Å²) in [7, 11) is 0. The standard InChI is InChI=1S/C5H9Br2F/c1-4(2)3-5(6,7)8/h4H,3H2,1-2H3. The third-order valence-corrected chi connectivity index (χ3v) is 1.29. The first-order valence-electron chi connectivity index (χ1n) is 2.48. The topological polar surface area (TPSA) is 0 Å². The summed E-state index contributed by atoms with van der Waals surface area (Å²) in [5, 5.41) is 0. The Kier molecular flexibility index (Phi) is 3.51. The minimum absolute atomic E-state index is 0.374. The van der Waals surface area contributed by atoms with E-state index in [0.717, 1.165) is 0 Å². The molecule has 0 aliphatic carbocycles. The molecule has 0 nitrogen and oxygen atoms in total. The molecule has 0 amide bonds. The Balaban J connectivity index is 3.39. The predicted octanol–water partition coefficient (Wildman–Crippen LogP) is 3.45. The van der Waals surface area contributed by atoms with Gasteiger partial charge in [0.2, 0.25) is 3.49 Å². The number of rotatable bonds is 2. The quantitative estimate of drug-likeness (QED) is 0.656. The number of hydrogen-bond donors (Lipinski definition) is 0. The Morgan fingerprint density at radius 1 is 1.50 bits per heavy atom. The lowest BCUT2D eigenvalue weighted by molar-refractivity contribution is 0.364. The van der Waals surface area contributed by atoms with Gasteiger partial charge in [-0.25, -0.2) is 4.39 Å². The van der Waals surface area contributed by atoms with Gasteiger partial charge in [-0.3, -0.25) is 0 Å². The second kappa shape index (κ2) is 3.16. The van der Waals surface area contributed by atoms with Crippen LogP contribution in [0, 0.1) is 5.92 Å². The molecule has 0 spiro atoms. The molecule has 50 valence electrons. The van der Waals surface area contributed by atoms with Crippen LogP contribution >= 0.6 is 31.9 Å². The van der Waals surface area contributed by atoms with Crippen LogP contribution in [0.4, 0.5) is 4.39 Å². The monoisotopic (exact) mass is 246 g/mol. The maximum Gasteiger partial charge on any atom is 0.219 e. The first-order chi connectivity index (χ1) is 3.42. The molecule has 0 aromatic heterocycles. The molecule has 0 aromatic carbocycles. The first kappa shape index (κ1) is 8.89. The van der Waals surface area contributed by atoms with Crippen molar-refractivity contribution in [2.75, 3.05) is 0 Å². The summed E-state index contributed by atoms with van der Waals surface area (Å²) < 4.78 is 11.1. The van der Waals surface area contributed by atoms with E-state index in [9.17, 15) is 4.39 Å². The molecule has 0 aromatic rings. The first-order valence-corrected chi connectivity index (χ1v) is 4.07. The van der Waals surface area contributed by atoms with E-state index in [0.29, 0.717) is 12.3 Å². The van der Waals surface area contributed by atoms with Gasteiger partial charge in [-0.05, 0) is 37.8 Å². The van der Waals surface area contributed by atoms with Crippen LogP contribution in [-0.2, 0) is 0 Å². The summed E-state index contributed by atoms with van der Waals surface area (Å²) in [4.78, 5) is 0. The van der Waals surface area contributed by atoms with Gasteiger partial charge in [0.1, 0.15) is 0 Å². The average molecular weight is 248 g/mol. The van der Waals surface area contributed by atoms with Gasteiger partial charge in [0, 0.05) is 6.42 Å². The molecule has 0 saturated carbocycles. The summed E-state index contributed by atoms with van der Waals surface area (Å²) in [6.45, 7) is 3.94. The lowest BCUT2D eigenvalue weighted by Gasteiger charge is -2.11. The molecule has 0 rings (SSSR count). The van der Waals surface area contributed by atoms with Gasteiger partial charge in [-0.15, -0.1) is 0 Å². The van der Waals surface area contributed by atoms with Crippen LogP contribution in [-0.4, -0.2) is 3.49 Å². The van der Waals surface area contributed by atoms with E-state index in [1.807, 2.05) is 13.8 Å². The molecule has 3 heteroatoms. The predicted molar refractivity (Wildman–Crippen MR) is 41.1 cm³/mol. The lowest BCUT2D eigenvalue weighted by atomic mass is 10.2. The van der Waals surface area contributed by atoms with Gasteiger partial charge in [-0.1, -0.05) is 13.8 Å². The summed E-state index contributed by atoms with van der Waals surface area (Å²) in [6, 6.07) is 0. The van der Waals surface area contributed by atoms with E-state index >= 15 is 0 Å². The fourth-order valence-corrected chi connectivity index (χ4v) is 1.76. The van der Waals surface area contributed by atoms with Crippen molar-refractivity contribution in [1.29, 1.82) is 0 Å². The van der Waals surface area contributed by atoms with Crippen LogP contribution in [0.5, 0.6) is 0 Å². The highest BCUT2D eigenvalue weighted by Gasteiger charge is 2.21. The van der Waals surface area contributed by atoms with Gasteiger partial charge < -0.3 is 0 Å². The van der Waals surface area contributed by atoms with Gasteiger partial charge in [0.25, 0.3) is 0 Å². The van der Waals surface area contributed by atoms with Crippen LogP contribution in [0.3, 0.4) is 0 Å². The van der Waals surface area contributed by atoms with E-state index in [2.05, 4.69) is 31.9 Å². The molecule has 0 fully saturated rings. The molecule has 0 bridgehead atoms. The van der Waals surface area contributed by atoms with Crippen molar-refractivity contribution in [3.05, 3.63) is 0 Å². The normalized spacial score (nSPS) is 12.8. The van der Waals surface area contributed by atoms with Crippen molar-refractivity contribution in [1.82, 2.24) is 0 Å². The largest absolute Gasteiger partial charge is 0.219 e. The molecule has 0 saturated heterocycles. The lowest BCUT2D eigenvalue weighted by Crippen LogP contribution is -2.05. The smallest absolute Gasteiger partial charge is 0.219 e. The van der Waals surface area contributed by atoms with Gasteiger partial charge in [0.15, 0.2) is 0 Å². The minimum atomic E-state index is -1.35. The molecular formula is C5H9Br2F. The summed E-state index contributed by atoms with van der Waals surface area (Å²) in [5.41, 5.74) is 0. The van der Waals surface area contributed by atoms with Gasteiger partial charge >= 0.3 is 0 Å². The zero-order chi connectivity index (χ0) is 6.78. The van der Waals surface area contributed by atoms with Crippen molar-refractivity contribution in [3.8, 4) is 0 Å². The molecule has 0 radical (unpaired) electrons. The maximum atomic E-state index is 12.5. The van der Waals surface area contributed by atoms with Crippen molar-refractivity contribution in [2.24, 2.45) is 5.92 Å². The van der Waals surface area contributed by atoms with E-state index in [1.54, 1.807) is 0 Å². The fraction of sp³-hybridized carbons (Fsp3) is 1.00. The van der Waals surface area contributed by atoms with Gasteiger partial charge in [0.05, 0.1) is 0 Å². The molecule has 0 unspecified atom stereocenters. The fourth-order valence-electron chi connectivity index (χ4n) is 0.463. The second-order valence-electron chi connectivity index (χ2n) is 2.21. The van der Waals surface area contributed by atoms with Gasteiger partial charge in [-0.2, -0.15) is 0 Å². The average Bonchev–Trinajstić information content (AvgIpc) is 1.21. The minimum Gasteiger partial charge on any atom is -0.219 e. The Labute approximate surface area is 66.1 Å². The zero-order valence-corrected chi connectivity index (χ0v) is 8.09. The molecular weight excluding hydrogens is 239 g/mol. The van der Waals surface area contributed by atoms with Crippen LogP contribution in [0.1, 0.15) is 20.3 Å². The van der Waals surface area contributed by atoms with E-state index in [4.69, 9.17) is 0 Å². The molecule has 0 N–H and O–H groups in total. The van der Waals surface area contributed by atoms with Crippen molar-refractivity contribution >= 4 is 31.9 Å². The van der Waals surface area contributed by atoms with Crippen molar-refractivity contribution < 1.29 is 4.39 Å². The van der Waals surface area contributed by atoms with E-state index < -0.39 is 3.49 Å². The zero-order valence-electron chi connectivity index (χ0n) is 4.92. The van der Waals surface area contributed by atoms with Crippen molar-refractivity contribution in [2.45, 2.75) is 23.8 Å². The number of halogens is 3. The highest BCUT2D eigenvalue weighted by Crippen LogP contribution is 2.34. The summed E-state index contributed by atoms with van der Waals surface area (Å²) in [5.74, 6) is 0.374. The van der Waals surface area contributed by atoms with E-state index in [1.165, 1.54) is 0 Å². The maximum absolute atomic E-state index is 12.5. The Morgan fingerprint density at radius 3 is 1.88 bits per heavy atom. The molecule has 0 aliphatic rings. The van der Waals surface area contributed by atoms with Crippen LogP contribution in [0.2, 0.25) is 0 Å². The van der Waals surface area contributed by atoms with Crippen LogP contribution in [0.25, 0.3) is 0 Å². The van der Waals surface area contributed by atoms with E-state index in [-0.39, 0.29) is 0 Å². The van der Waals surface area contributed by atoms with Crippen LogP contribution in [0.15, 0.2) is 0 Å². The summed E-state index contributed by atoms with van der Waals surface area (Å²) in [6.07, 6.45) is 0.493. The third kappa shape index (κ3) is 6.89. The Bertz CT molecular complexity index is 65.3. The number of alkyl halides is 3. The summed E-state index contributed by atoms with van der Waals surface area (Å²) >= 11 is 5.66. The Hall–Kier alpha value is 0.890. The molecule has 0 atom stereocenters. The highest BCUT2D eigenvalue weighted by molar-refractivity contribution is 9.25. The number of hydrogen-bond acceptors (Lipinski definition) is 0. The Morgan fingerprint density at radius 2 is 1.88 bits per heavy atom. The molecule has 0 aliphatic heterocycles. The highest BCUT2D eigenvalue weighted by atomic mass is 79.9.